The number of amides is 2. The summed E-state index contributed by atoms with van der Waals surface area (Å²) in [7, 11) is 0. The maximum Gasteiger partial charge on any atom is 0.387 e. The molecule has 33 heavy (non-hydrogen) atoms. The number of carbonyl (C=O) groups excluding carboxylic acids is 1. The van der Waals surface area contributed by atoms with Gasteiger partial charge in [0, 0.05) is 16.4 Å². The summed E-state index contributed by atoms with van der Waals surface area (Å²) < 4.78 is 30.6. The number of nitrogens with zero attached hydrogens (tertiary/aromatic N) is 2. The second-order valence-corrected chi connectivity index (χ2v) is 8.98. The molecule has 0 bridgehead atoms. The van der Waals surface area contributed by atoms with E-state index in [9.17, 15) is 13.6 Å². The van der Waals surface area contributed by atoms with Crippen molar-refractivity contribution < 1.29 is 18.3 Å². The normalized spacial score (nSPS) is 22.2. The van der Waals surface area contributed by atoms with Gasteiger partial charge in [0.25, 0.3) is 0 Å². The van der Waals surface area contributed by atoms with Gasteiger partial charge in [-0.15, -0.1) is 0 Å². The maximum atomic E-state index is 14.0. The first-order valence-electron chi connectivity index (χ1n) is 10.9. The van der Waals surface area contributed by atoms with Crippen molar-refractivity contribution in [2.24, 2.45) is 0 Å². The Bertz CT molecular complexity index is 1170. The zero-order valence-corrected chi connectivity index (χ0v) is 18.8. The molecule has 5 rings (SSSR count). The summed E-state index contributed by atoms with van der Waals surface area (Å²) >= 11 is 6.12. The lowest BCUT2D eigenvalue weighted by atomic mass is 9.83. The molecule has 7 heteroatoms. The van der Waals surface area contributed by atoms with Crippen LogP contribution in [0.25, 0.3) is 0 Å². The average molecular weight is 469 g/mol. The van der Waals surface area contributed by atoms with Crippen LogP contribution in [0, 0.1) is 6.92 Å². The number of halogens is 3. The van der Waals surface area contributed by atoms with Crippen molar-refractivity contribution in [1.29, 1.82) is 0 Å². The van der Waals surface area contributed by atoms with E-state index in [-0.39, 0.29) is 17.8 Å². The van der Waals surface area contributed by atoms with Crippen LogP contribution >= 0.6 is 11.6 Å². The van der Waals surface area contributed by atoms with Gasteiger partial charge in [0.2, 0.25) is 0 Å². The van der Waals surface area contributed by atoms with Crippen molar-refractivity contribution in [2.75, 3.05) is 9.80 Å². The van der Waals surface area contributed by atoms with Gasteiger partial charge in [-0.3, -0.25) is 9.80 Å². The van der Waals surface area contributed by atoms with E-state index in [1.165, 1.54) is 6.07 Å². The van der Waals surface area contributed by atoms with Crippen LogP contribution in [0.3, 0.4) is 0 Å². The van der Waals surface area contributed by atoms with E-state index < -0.39 is 12.2 Å². The lowest BCUT2D eigenvalue weighted by Crippen LogP contribution is -2.46. The van der Waals surface area contributed by atoms with Crippen molar-refractivity contribution in [3.8, 4) is 5.75 Å². The second-order valence-electron chi connectivity index (χ2n) is 8.54. The zero-order valence-electron chi connectivity index (χ0n) is 18.0. The van der Waals surface area contributed by atoms with Gasteiger partial charge in [-0.25, -0.2) is 4.79 Å². The fourth-order valence-electron chi connectivity index (χ4n) is 5.32. The average Bonchev–Trinajstić information content (AvgIpc) is 3.31. The fraction of sp³-hybridized carbons (Fsp3) is 0.269. The molecular formula is C26H23ClF2N2O2. The van der Waals surface area contributed by atoms with Crippen LogP contribution in [0.5, 0.6) is 5.75 Å². The van der Waals surface area contributed by atoms with Crippen LogP contribution in [0.15, 0.2) is 72.8 Å². The van der Waals surface area contributed by atoms with E-state index in [1.54, 1.807) is 24.3 Å². The fourth-order valence-corrected chi connectivity index (χ4v) is 5.45. The minimum Gasteiger partial charge on any atom is -0.435 e. The van der Waals surface area contributed by atoms with E-state index in [4.69, 9.17) is 16.3 Å². The molecule has 1 unspecified atom stereocenters. The highest BCUT2D eigenvalue weighted by Crippen LogP contribution is 2.54. The summed E-state index contributed by atoms with van der Waals surface area (Å²) in [5, 5.41) is 0.574. The summed E-state index contributed by atoms with van der Waals surface area (Å²) in [4.78, 5) is 17.7. The molecule has 2 atom stereocenters. The predicted molar refractivity (Wildman–Crippen MR) is 125 cm³/mol. The van der Waals surface area contributed by atoms with Crippen LogP contribution < -0.4 is 14.5 Å². The Morgan fingerprint density at radius 3 is 2.42 bits per heavy atom. The van der Waals surface area contributed by atoms with Crippen molar-refractivity contribution in [3.63, 3.8) is 0 Å². The number of alkyl halides is 2. The Morgan fingerprint density at radius 1 is 1.03 bits per heavy atom. The molecule has 3 aromatic rings. The number of rotatable bonds is 5. The van der Waals surface area contributed by atoms with Crippen molar-refractivity contribution in [2.45, 2.75) is 44.4 Å². The van der Waals surface area contributed by atoms with E-state index in [2.05, 4.69) is 0 Å². The van der Waals surface area contributed by atoms with Gasteiger partial charge in [0.15, 0.2) is 0 Å². The number of hydrogen-bond donors (Lipinski definition) is 0. The van der Waals surface area contributed by atoms with E-state index in [0.29, 0.717) is 17.1 Å². The van der Waals surface area contributed by atoms with E-state index >= 15 is 0 Å². The Morgan fingerprint density at radius 2 is 1.73 bits per heavy atom. The van der Waals surface area contributed by atoms with Crippen molar-refractivity contribution in [1.82, 2.24) is 0 Å². The first-order valence-corrected chi connectivity index (χ1v) is 11.3. The van der Waals surface area contributed by atoms with Gasteiger partial charge in [-0.05, 0) is 80.3 Å². The molecule has 2 fully saturated rings. The highest BCUT2D eigenvalue weighted by atomic mass is 35.5. The highest BCUT2D eigenvalue weighted by Gasteiger charge is 2.61. The van der Waals surface area contributed by atoms with Crippen LogP contribution in [0.1, 0.15) is 30.4 Å². The van der Waals surface area contributed by atoms with Crippen LogP contribution in [-0.4, -0.2) is 18.7 Å². The third-order valence-electron chi connectivity index (χ3n) is 6.65. The summed E-state index contributed by atoms with van der Waals surface area (Å²) in [6.45, 7) is -0.914. The lowest BCUT2D eigenvalue weighted by Gasteiger charge is -2.38. The standard InChI is InChI=1S/C26H23ClF2N2O2/c1-17-7-11-20(12-8-17)30-23-6-3-15-26(23,18-4-2-5-22(16-18)33-24(28)29)31(25(30)32)21-13-9-19(27)10-14-21/h2,4-5,7-14,16,23-24H,3,6,15H2,1H3/t23?,26-/m0/s1. The molecule has 1 aliphatic carbocycles. The number of aryl methyl sites for hydroxylation is 1. The minimum absolute atomic E-state index is 0.0832. The molecule has 0 spiro atoms. The molecule has 1 saturated carbocycles. The molecule has 1 aliphatic heterocycles. The van der Waals surface area contributed by atoms with Gasteiger partial charge >= 0.3 is 12.6 Å². The summed E-state index contributed by atoms with van der Waals surface area (Å²) in [6, 6.07) is 21.5. The minimum atomic E-state index is -2.92. The number of fused-ring (bicyclic) bond motifs is 1. The number of ether oxygens (including phenoxy) is 1. The monoisotopic (exact) mass is 468 g/mol. The van der Waals surface area contributed by atoms with Crippen molar-refractivity contribution in [3.05, 3.63) is 88.9 Å². The first-order chi connectivity index (χ1) is 15.9. The maximum absolute atomic E-state index is 14.0. The zero-order chi connectivity index (χ0) is 23.2. The lowest BCUT2D eigenvalue weighted by molar-refractivity contribution is -0.0499. The molecule has 0 aromatic heterocycles. The van der Waals surface area contributed by atoms with Crippen molar-refractivity contribution >= 4 is 29.0 Å². The molecule has 0 radical (unpaired) electrons. The molecule has 4 nitrogen and oxygen atoms in total. The Labute approximate surface area is 196 Å². The van der Waals surface area contributed by atoms with E-state index in [0.717, 1.165) is 29.7 Å². The number of carbonyl (C=O) groups is 1. The molecule has 0 N–H and O–H groups in total. The Hall–Kier alpha value is -3.12. The third-order valence-corrected chi connectivity index (χ3v) is 6.90. The molecule has 3 aromatic carbocycles. The quantitative estimate of drug-likeness (QED) is 0.398. The Kier molecular flexibility index (Phi) is 5.49. The second kappa shape index (κ2) is 8.34. The third kappa shape index (κ3) is 3.62. The largest absolute Gasteiger partial charge is 0.435 e. The van der Waals surface area contributed by atoms with Gasteiger partial charge in [0.1, 0.15) is 5.75 Å². The number of anilines is 2. The Balaban J connectivity index is 1.69. The molecular weight excluding hydrogens is 446 g/mol. The number of hydrogen-bond acceptors (Lipinski definition) is 2. The van der Waals surface area contributed by atoms with E-state index in [1.807, 2.05) is 59.2 Å². The van der Waals surface area contributed by atoms with Gasteiger partial charge in [-0.1, -0.05) is 41.4 Å². The van der Waals surface area contributed by atoms with Gasteiger partial charge in [-0.2, -0.15) is 8.78 Å². The van der Waals surface area contributed by atoms with Gasteiger partial charge in [0.05, 0.1) is 11.6 Å². The summed E-state index contributed by atoms with van der Waals surface area (Å²) in [5.41, 5.74) is 2.69. The topological polar surface area (TPSA) is 32.8 Å². The molecule has 2 amide bonds. The van der Waals surface area contributed by atoms with Crippen LogP contribution in [0.2, 0.25) is 5.02 Å². The summed E-state index contributed by atoms with van der Waals surface area (Å²) in [5.74, 6) is 0.0832. The highest BCUT2D eigenvalue weighted by molar-refractivity contribution is 6.30. The number of benzene rings is 3. The van der Waals surface area contributed by atoms with Crippen LogP contribution in [-0.2, 0) is 5.54 Å². The summed E-state index contributed by atoms with van der Waals surface area (Å²) in [6.07, 6.45) is 2.39. The smallest absolute Gasteiger partial charge is 0.387 e. The molecule has 170 valence electrons. The first kappa shape index (κ1) is 21.7. The van der Waals surface area contributed by atoms with Gasteiger partial charge < -0.3 is 4.74 Å². The molecule has 1 heterocycles. The molecule has 2 aliphatic rings. The predicted octanol–water partition coefficient (Wildman–Crippen LogP) is 7.14. The number of urea groups is 1. The molecule has 1 saturated heterocycles. The SMILES string of the molecule is Cc1ccc(N2C(=O)N(c3ccc(Cl)cc3)[C@]3(c4cccc(OC(F)F)c4)CCCC23)cc1. The van der Waals surface area contributed by atoms with Crippen LogP contribution in [0.4, 0.5) is 25.0 Å².